The predicted molar refractivity (Wildman–Crippen MR) is 116 cm³/mol. The van der Waals surface area contributed by atoms with Gasteiger partial charge in [0.05, 0.1) is 0 Å². The SMILES string of the molecule is Cc1cc(C)c(N2C=[N+](c3c(C)cc(C)cc3C)[C@H]3CCCC[C@@H]32)c(C)c1. The summed E-state index contributed by atoms with van der Waals surface area (Å²) in [6.45, 7) is 13.5. The van der Waals surface area contributed by atoms with Crippen LogP contribution in [0.15, 0.2) is 24.3 Å². The van der Waals surface area contributed by atoms with E-state index in [0.717, 1.165) is 0 Å². The van der Waals surface area contributed by atoms with E-state index in [1.54, 1.807) is 0 Å². The maximum atomic E-state index is 2.60. The summed E-state index contributed by atoms with van der Waals surface area (Å²) in [5, 5.41) is 0. The van der Waals surface area contributed by atoms with Crippen molar-refractivity contribution >= 4 is 17.7 Å². The van der Waals surface area contributed by atoms with Crippen LogP contribution in [0.5, 0.6) is 0 Å². The van der Waals surface area contributed by atoms with E-state index in [2.05, 4.69) is 81.6 Å². The summed E-state index contributed by atoms with van der Waals surface area (Å²) in [5.41, 5.74) is 11.1. The maximum Gasteiger partial charge on any atom is 0.245 e. The van der Waals surface area contributed by atoms with Crippen LogP contribution in [0.2, 0.25) is 0 Å². The van der Waals surface area contributed by atoms with Gasteiger partial charge in [-0.15, -0.1) is 0 Å². The van der Waals surface area contributed by atoms with Gasteiger partial charge < -0.3 is 0 Å². The zero-order chi connectivity index (χ0) is 19.3. The van der Waals surface area contributed by atoms with Crippen LogP contribution in [-0.2, 0) is 0 Å². The summed E-state index contributed by atoms with van der Waals surface area (Å²) >= 11 is 0. The first kappa shape index (κ1) is 18.3. The average Bonchev–Trinajstić information content (AvgIpc) is 2.93. The minimum absolute atomic E-state index is 0.582. The Morgan fingerprint density at radius 2 is 1.26 bits per heavy atom. The fraction of sp³-hybridized carbons (Fsp3) is 0.480. The Kier molecular flexibility index (Phi) is 4.61. The highest BCUT2D eigenvalue weighted by atomic mass is 15.3. The van der Waals surface area contributed by atoms with Crippen molar-refractivity contribution in [3.63, 3.8) is 0 Å². The summed E-state index contributed by atoms with van der Waals surface area (Å²) < 4.78 is 2.60. The normalized spacial score (nSPS) is 22.0. The number of benzene rings is 2. The van der Waals surface area contributed by atoms with E-state index >= 15 is 0 Å². The van der Waals surface area contributed by atoms with Gasteiger partial charge in [0, 0.05) is 0 Å². The first-order chi connectivity index (χ1) is 12.9. The van der Waals surface area contributed by atoms with E-state index in [9.17, 15) is 0 Å². The molecule has 27 heavy (non-hydrogen) atoms. The molecule has 0 saturated heterocycles. The minimum atomic E-state index is 0.582. The van der Waals surface area contributed by atoms with Crippen LogP contribution in [0.25, 0.3) is 0 Å². The van der Waals surface area contributed by atoms with Gasteiger partial charge in [0.2, 0.25) is 6.34 Å². The second kappa shape index (κ2) is 6.82. The Bertz CT molecular complexity index is 876. The second-order valence-electron chi connectivity index (χ2n) is 8.84. The van der Waals surface area contributed by atoms with Gasteiger partial charge in [-0.05, 0) is 89.5 Å². The van der Waals surface area contributed by atoms with Crippen LogP contribution in [0.4, 0.5) is 11.4 Å². The molecule has 4 rings (SSSR count). The zero-order valence-corrected chi connectivity index (χ0v) is 17.8. The molecule has 1 saturated carbocycles. The molecule has 0 bridgehead atoms. The molecule has 1 aliphatic carbocycles. The lowest BCUT2D eigenvalue weighted by molar-refractivity contribution is -0.478. The summed E-state index contributed by atoms with van der Waals surface area (Å²) in [7, 11) is 0. The largest absolute Gasteiger partial charge is 0.245 e. The van der Waals surface area contributed by atoms with Gasteiger partial charge in [0.15, 0.2) is 0 Å². The lowest BCUT2D eigenvalue weighted by atomic mass is 9.88. The Labute approximate surface area is 164 Å². The van der Waals surface area contributed by atoms with Gasteiger partial charge in [0.25, 0.3) is 0 Å². The molecule has 2 aliphatic rings. The molecule has 2 atom stereocenters. The Hall–Kier alpha value is -2.09. The molecule has 0 unspecified atom stereocenters. The fourth-order valence-electron chi connectivity index (χ4n) is 5.65. The fourth-order valence-corrected chi connectivity index (χ4v) is 5.65. The Balaban J connectivity index is 1.87. The van der Waals surface area contributed by atoms with E-state index in [4.69, 9.17) is 0 Å². The number of hydrogen-bond acceptors (Lipinski definition) is 1. The van der Waals surface area contributed by atoms with Crippen molar-refractivity contribution in [2.24, 2.45) is 0 Å². The van der Waals surface area contributed by atoms with E-state index < -0.39 is 0 Å². The molecular formula is C25H33N2+. The number of anilines is 1. The van der Waals surface area contributed by atoms with Gasteiger partial charge in [-0.25, -0.2) is 9.48 Å². The number of nitrogens with zero attached hydrogens (tertiary/aromatic N) is 2. The van der Waals surface area contributed by atoms with Crippen molar-refractivity contribution in [1.29, 1.82) is 0 Å². The molecule has 2 aromatic rings. The summed E-state index contributed by atoms with van der Waals surface area (Å²) in [6.07, 6.45) is 7.68. The zero-order valence-electron chi connectivity index (χ0n) is 17.8. The van der Waals surface area contributed by atoms with Gasteiger partial charge in [0.1, 0.15) is 23.5 Å². The number of rotatable bonds is 2. The van der Waals surface area contributed by atoms with Gasteiger partial charge in [-0.2, -0.15) is 0 Å². The molecule has 0 radical (unpaired) electrons. The minimum Gasteiger partial charge on any atom is -0.226 e. The van der Waals surface area contributed by atoms with Gasteiger partial charge >= 0.3 is 0 Å². The number of fused-ring (bicyclic) bond motifs is 1. The maximum absolute atomic E-state index is 2.60. The monoisotopic (exact) mass is 361 g/mol. The van der Waals surface area contributed by atoms with Crippen LogP contribution in [0.1, 0.15) is 59.1 Å². The third-order valence-electron chi connectivity index (χ3n) is 6.44. The van der Waals surface area contributed by atoms with Gasteiger partial charge in [-0.3, -0.25) is 0 Å². The topological polar surface area (TPSA) is 6.25 Å². The number of hydrogen-bond donors (Lipinski definition) is 0. The second-order valence-corrected chi connectivity index (χ2v) is 8.84. The standard InChI is InChI=1S/C25H33N2/c1-16-11-18(3)24(19(4)12-16)26-15-27(23-10-8-7-9-22(23)26)25-20(5)13-17(2)14-21(25)6/h11-15,22-23H,7-10H2,1-6H3/q+1/t22-,23-/m0/s1. The van der Waals surface area contributed by atoms with Gasteiger partial charge in [-0.1, -0.05) is 35.4 Å². The molecule has 1 heterocycles. The van der Waals surface area contributed by atoms with E-state index in [1.165, 1.54) is 70.4 Å². The van der Waals surface area contributed by atoms with Crippen molar-refractivity contribution in [3.05, 3.63) is 57.6 Å². The summed E-state index contributed by atoms with van der Waals surface area (Å²) in [6, 6.07) is 10.5. The summed E-state index contributed by atoms with van der Waals surface area (Å²) in [5.74, 6) is 0. The molecule has 142 valence electrons. The summed E-state index contributed by atoms with van der Waals surface area (Å²) in [4.78, 5) is 2.60. The highest BCUT2D eigenvalue weighted by molar-refractivity contribution is 5.83. The lowest BCUT2D eigenvalue weighted by Gasteiger charge is -2.29. The molecule has 1 aliphatic heterocycles. The van der Waals surface area contributed by atoms with Crippen molar-refractivity contribution in [1.82, 2.24) is 0 Å². The van der Waals surface area contributed by atoms with Crippen LogP contribution in [0.3, 0.4) is 0 Å². The molecule has 0 amide bonds. The van der Waals surface area contributed by atoms with E-state index in [1.807, 2.05) is 0 Å². The van der Waals surface area contributed by atoms with Crippen LogP contribution < -0.4 is 4.90 Å². The third kappa shape index (κ3) is 3.09. The Morgan fingerprint density at radius 3 is 1.85 bits per heavy atom. The quantitative estimate of drug-likeness (QED) is 0.591. The van der Waals surface area contributed by atoms with Crippen LogP contribution >= 0.6 is 0 Å². The molecule has 0 spiro atoms. The molecule has 0 N–H and O–H groups in total. The molecule has 2 nitrogen and oxygen atoms in total. The molecule has 2 aromatic carbocycles. The van der Waals surface area contributed by atoms with Crippen molar-refractivity contribution in [2.45, 2.75) is 79.3 Å². The Morgan fingerprint density at radius 1 is 0.741 bits per heavy atom. The van der Waals surface area contributed by atoms with Crippen LogP contribution in [-0.4, -0.2) is 23.0 Å². The first-order valence-electron chi connectivity index (χ1n) is 10.4. The van der Waals surface area contributed by atoms with E-state index in [0.29, 0.717) is 12.1 Å². The third-order valence-corrected chi connectivity index (χ3v) is 6.44. The highest BCUT2D eigenvalue weighted by Gasteiger charge is 2.46. The van der Waals surface area contributed by atoms with Crippen LogP contribution in [0, 0.1) is 41.5 Å². The average molecular weight is 362 g/mol. The lowest BCUT2D eigenvalue weighted by Crippen LogP contribution is -2.41. The molecule has 0 aromatic heterocycles. The molecular weight excluding hydrogens is 328 g/mol. The number of aryl methyl sites for hydroxylation is 6. The highest BCUT2D eigenvalue weighted by Crippen LogP contribution is 2.39. The first-order valence-corrected chi connectivity index (χ1v) is 10.4. The van der Waals surface area contributed by atoms with Crippen molar-refractivity contribution in [3.8, 4) is 0 Å². The van der Waals surface area contributed by atoms with E-state index in [-0.39, 0.29) is 0 Å². The van der Waals surface area contributed by atoms with Crippen molar-refractivity contribution < 1.29 is 4.58 Å². The molecule has 1 fully saturated rings. The molecule has 2 heteroatoms. The van der Waals surface area contributed by atoms with Crippen molar-refractivity contribution in [2.75, 3.05) is 4.90 Å². The smallest absolute Gasteiger partial charge is 0.226 e. The predicted octanol–water partition coefficient (Wildman–Crippen LogP) is 6.04.